The van der Waals surface area contributed by atoms with Gasteiger partial charge in [0.25, 0.3) is 0 Å². The van der Waals surface area contributed by atoms with E-state index in [0.717, 1.165) is 31.0 Å². The number of hydrogen-bond donors (Lipinski definition) is 1. The summed E-state index contributed by atoms with van der Waals surface area (Å²) in [5.74, 6) is 0.977. The molecule has 0 aliphatic heterocycles. The van der Waals surface area contributed by atoms with Gasteiger partial charge in [0.05, 0.1) is 6.54 Å². The topological polar surface area (TPSA) is 61.7 Å². The molecule has 2 aromatic heterocycles. The van der Waals surface area contributed by atoms with E-state index in [1.165, 1.54) is 0 Å². The molecule has 0 aliphatic rings. The Kier molecular flexibility index (Phi) is 3.58. The van der Waals surface area contributed by atoms with Crippen LogP contribution in [0.5, 0.6) is 0 Å². The lowest BCUT2D eigenvalue weighted by atomic mass is 10.2. The SMILES string of the molecule is CCCn1ncnc1Cn1cccc1C(C)N. The number of hydrogen-bond acceptors (Lipinski definition) is 3. The second kappa shape index (κ2) is 5.14. The minimum atomic E-state index is 0.0348. The van der Waals surface area contributed by atoms with Crippen molar-refractivity contribution in [3.05, 3.63) is 36.2 Å². The maximum Gasteiger partial charge on any atom is 0.146 e. The van der Waals surface area contributed by atoms with E-state index < -0.39 is 0 Å². The molecule has 2 aromatic rings. The zero-order chi connectivity index (χ0) is 12.3. The summed E-state index contributed by atoms with van der Waals surface area (Å²) in [5, 5.41) is 4.22. The summed E-state index contributed by atoms with van der Waals surface area (Å²) in [5.41, 5.74) is 7.04. The summed E-state index contributed by atoms with van der Waals surface area (Å²) >= 11 is 0. The van der Waals surface area contributed by atoms with Crippen LogP contribution in [0.4, 0.5) is 0 Å². The van der Waals surface area contributed by atoms with E-state index in [2.05, 4.69) is 21.6 Å². The van der Waals surface area contributed by atoms with Crippen molar-refractivity contribution in [2.75, 3.05) is 0 Å². The van der Waals surface area contributed by atoms with Crippen LogP contribution in [-0.2, 0) is 13.1 Å². The van der Waals surface area contributed by atoms with Crippen molar-refractivity contribution in [3.8, 4) is 0 Å². The van der Waals surface area contributed by atoms with Crippen molar-refractivity contribution in [2.45, 2.75) is 39.4 Å². The Balaban J connectivity index is 2.19. The molecule has 0 amide bonds. The first-order valence-corrected chi connectivity index (χ1v) is 5.99. The van der Waals surface area contributed by atoms with Gasteiger partial charge in [-0.2, -0.15) is 5.10 Å². The van der Waals surface area contributed by atoms with E-state index in [-0.39, 0.29) is 6.04 Å². The van der Waals surface area contributed by atoms with Crippen LogP contribution in [0.2, 0.25) is 0 Å². The molecule has 0 aromatic carbocycles. The number of nitrogens with two attached hydrogens (primary N) is 1. The zero-order valence-electron chi connectivity index (χ0n) is 10.4. The molecule has 1 atom stereocenters. The van der Waals surface area contributed by atoms with Crippen molar-refractivity contribution in [1.82, 2.24) is 19.3 Å². The maximum absolute atomic E-state index is 5.92. The summed E-state index contributed by atoms with van der Waals surface area (Å²) < 4.78 is 4.08. The Morgan fingerprint density at radius 2 is 2.29 bits per heavy atom. The predicted molar refractivity (Wildman–Crippen MR) is 66.4 cm³/mol. The molecule has 0 fully saturated rings. The highest BCUT2D eigenvalue weighted by molar-refractivity contribution is 5.12. The Morgan fingerprint density at radius 3 is 3.00 bits per heavy atom. The van der Waals surface area contributed by atoms with Gasteiger partial charge in [-0.05, 0) is 25.5 Å². The molecule has 0 bridgehead atoms. The second-order valence-corrected chi connectivity index (χ2v) is 4.25. The largest absolute Gasteiger partial charge is 0.342 e. The molecule has 2 rings (SSSR count). The van der Waals surface area contributed by atoms with Gasteiger partial charge in [0.15, 0.2) is 0 Å². The highest BCUT2D eigenvalue weighted by Gasteiger charge is 2.09. The maximum atomic E-state index is 5.92. The third-order valence-corrected chi connectivity index (χ3v) is 2.77. The van der Waals surface area contributed by atoms with E-state index >= 15 is 0 Å². The number of aromatic nitrogens is 4. The first-order valence-electron chi connectivity index (χ1n) is 5.99. The number of nitrogens with zero attached hydrogens (tertiary/aromatic N) is 4. The second-order valence-electron chi connectivity index (χ2n) is 4.25. The smallest absolute Gasteiger partial charge is 0.146 e. The lowest BCUT2D eigenvalue weighted by molar-refractivity contribution is 0.545. The van der Waals surface area contributed by atoms with E-state index in [1.54, 1.807) is 6.33 Å². The van der Waals surface area contributed by atoms with Crippen molar-refractivity contribution in [3.63, 3.8) is 0 Å². The van der Waals surface area contributed by atoms with Crippen molar-refractivity contribution >= 4 is 0 Å². The molecule has 5 nitrogen and oxygen atoms in total. The van der Waals surface area contributed by atoms with Gasteiger partial charge in [-0.15, -0.1) is 0 Å². The van der Waals surface area contributed by atoms with Crippen LogP contribution >= 0.6 is 0 Å². The lowest BCUT2D eigenvalue weighted by Crippen LogP contribution is -2.15. The minimum absolute atomic E-state index is 0.0348. The molecule has 5 heteroatoms. The fourth-order valence-corrected chi connectivity index (χ4v) is 1.95. The highest BCUT2D eigenvalue weighted by atomic mass is 15.3. The van der Waals surface area contributed by atoms with E-state index in [1.807, 2.05) is 29.9 Å². The summed E-state index contributed by atoms with van der Waals surface area (Å²) in [7, 11) is 0. The van der Waals surface area contributed by atoms with Crippen LogP contribution < -0.4 is 5.73 Å². The third-order valence-electron chi connectivity index (χ3n) is 2.77. The Morgan fingerprint density at radius 1 is 1.47 bits per heavy atom. The van der Waals surface area contributed by atoms with Gasteiger partial charge in [-0.1, -0.05) is 6.92 Å². The molecule has 0 saturated carbocycles. The fourth-order valence-electron chi connectivity index (χ4n) is 1.95. The van der Waals surface area contributed by atoms with Gasteiger partial charge in [-0.3, -0.25) is 0 Å². The molecular weight excluding hydrogens is 214 g/mol. The van der Waals surface area contributed by atoms with Crippen molar-refractivity contribution < 1.29 is 0 Å². The third kappa shape index (κ3) is 2.55. The van der Waals surface area contributed by atoms with Crippen LogP contribution in [-0.4, -0.2) is 19.3 Å². The molecule has 92 valence electrons. The van der Waals surface area contributed by atoms with E-state index in [4.69, 9.17) is 5.73 Å². The van der Waals surface area contributed by atoms with Gasteiger partial charge in [0.1, 0.15) is 12.2 Å². The predicted octanol–water partition coefficient (Wildman–Crippen LogP) is 1.56. The minimum Gasteiger partial charge on any atom is -0.342 e. The fraction of sp³-hybridized carbons (Fsp3) is 0.500. The molecule has 2 heterocycles. The van der Waals surface area contributed by atoms with Crippen LogP contribution in [0.15, 0.2) is 24.7 Å². The summed E-state index contributed by atoms with van der Waals surface area (Å²) in [6.45, 7) is 5.76. The van der Waals surface area contributed by atoms with Gasteiger partial charge >= 0.3 is 0 Å². The molecule has 0 aliphatic carbocycles. The van der Waals surface area contributed by atoms with Crippen LogP contribution in [0.25, 0.3) is 0 Å². The standard InChI is InChI=1S/C12H19N5/c1-3-6-17-12(14-9-15-17)8-16-7-4-5-11(16)10(2)13/h4-5,7,9-10H,3,6,8,13H2,1-2H3. The van der Waals surface area contributed by atoms with Gasteiger partial charge in [0.2, 0.25) is 0 Å². The van der Waals surface area contributed by atoms with Crippen LogP contribution in [0.3, 0.4) is 0 Å². The van der Waals surface area contributed by atoms with E-state index in [0.29, 0.717) is 0 Å². The highest BCUT2D eigenvalue weighted by Crippen LogP contribution is 2.12. The molecule has 0 saturated heterocycles. The normalized spacial score (nSPS) is 12.9. The van der Waals surface area contributed by atoms with Gasteiger partial charge in [0, 0.05) is 24.5 Å². The molecule has 17 heavy (non-hydrogen) atoms. The first kappa shape index (κ1) is 11.9. The van der Waals surface area contributed by atoms with E-state index in [9.17, 15) is 0 Å². The van der Waals surface area contributed by atoms with Crippen LogP contribution in [0, 0.1) is 0 Å². The number of aryl methyl sites for hydroxylation is 1. The Bertz CT molecular complexity index is 469. The lowest BCUT2D eigenvalue weighted by Gasteiger charge is -2.12. The van der Waals surface area contributed by atoms with Gasteiger partial charge in [-0.25, -0.2) is 9.67 Å². The average Bonchev–Trinajstić information content (AvgIpc) is 2.89. The first-order chi connectivity index (χ1) is 8.22. The molecular formula is C12H19N5. The molecule has 0 radical (unpaired) electrons. The summed E-state index contributed by atoms with van der Waals surface area (Å²) in [6, 6.07) is 4.09. The van der Waals surface area contributed by atoms with Crippen molar-refractivity contribution in [1.29, 1.82) is 0 Å². The Hall–Kier alpha value is -1.62. The summed E-state index contributed by atoms with van der Waals surface area (Å²) in [4.78, 5) is 4.30. The quantitative estimate of drug-likeness (QED) is 0.852. The molecule has 0 spiro atoms. The van der Waals surface area contributed by atoms with Gasteiger partial charge < -0.3 is 10.3 Å². The molecule has 2 N–H and O–H groups in total. The Labute approximate surface area is 101 Å². The van der Waals surface area contributed by atoms with Crippen LogP contribution in [0.1, 0.15) is 37.8 Å². The zero-order valence-corrected chi connectivity index (χ0v) is 10.4. The average molecular weight is 233 g/mol. The van der Waals surface area contributed by atoms with Crippen molar-refractivity contribution in [2.24, 2.45) is 5.73 Å². The monoisotopic (exact) mass is 233 g/mol. The number of rotatable bonds is 5. The molecule has 1 unspecified atom stereocenters. The summed E-state index contributed by atoms with van der Waals surface area (Å²) in [6.07, 6.45) is 4.70.